The predicted octanol–water partition coefficient (Wildman–Crippen LogP) is 1.23. The van der Waals surface area contributed by atoms with E-state index in [0.717, 1.165) is 0 Å². The molecule has 0 amide bonds. The van der Waals surface area contributed by atoms with Gasteiger partial charge >= 0.3 is 0 Å². The summed E-state index contributed by atoms with van der Waals surface area (Å²) in [4.78, 5) is 3.90. The summed E-state index contributed by atoms with van der Waals surface area (Å²) >= 11 is 3.21. The van der Waals surface area contributed by atoms with Gasteiger partial charge in [0.2, 0.25) is 10.0 Å². The van der Waals surface area contributed by atoms with Gasteiger partial charge in [-0.05, 0) is 35.8 Å². The summed E-state index contributed by atoms with van der Waals surface area (Å²) in [6.07, 6.45) is 1.47. The van der Waals surface area contributed by atoms with Gasteiger partial charge < -0.3 is 10.5 Å². The second-order valence-electron chi connectivity index (χ2n) is 4.98. The number of hydrogen-bond acceptors (Lipinski definition) is 5. The van der Waals surface area contributed by atoms with Crippen LogP contribution in [0.5, 0.6) is 0 Å². The number of morpholine rings is 1. The molecule has 19 heavy (non-hydrogen) atoms. The zero-order valence-corrected chi connectivity index (χ0v) is 13.2. The average Bonchev–Trinajstić information content (AvgIpc) is 2.31. The largest absolute Gasteiger partial charge is 0.383 e. The van der Waals surface area contributed by atoms with E-state index in [0.29, 0.717) is 24.2 Å². The number of pyridine rings is 1. The summed E-state index contributed by atoms with van der Waals surface area (Å²) in [6, 6.07) is 1.47. The van der Waals surface area contributed by atoms with Gasteiger partial charge in [-0.15, -0.1) is 0 Å². The van der Waals surface area contributed by atoms with Crippen LogP contribution in [0, 0.1) is 0 Å². The number of hydrogen-bond donors (Lipinski definition) is 1. The van der Waals surface area contributed by atoms with Crippen LogP contribution in [-0.2, 0) is 14.8 Å². The van der Waals surface area contributed by atoms with E-state index in [9.17, 15) is 8.42 Å². The molecule has 0 saturated carbocycles. The number of ether oxygens (including phenoxy) is 1. The van der Waals surface area contributed by atoms with E-state index in [1.165, 1.54) is 16.6 Å². The molecule has 0 atom stereocenters. The second kappa shape index (κ2) is 5.01. The quantitative estimate of drug-likeness (QED) is 0.867. The van der Waals surface area contributed by atoms with E-state index in [2.05, 4.69) is 20.9 Å². The molecule has 1 aliphatic heterocycles. The summed E-state index contributed by atoms with van der Waals surface area (Å²) in [5.74, 6) is 0.00694. The smallest absolute Gasteiger partial charge is 0.246 e. The minimum atomic E-state index is -3.65. The van der Waals surface area contributed by atoms with E-state index in [1.54, 1.807) is 0 Å². The van der Waals surface area contributed by atoms with Crippen LogP contribution in [0.25, 0.3) is 0 Å². The molecule has 1 aromatic heterocycles. The number of nitrogens with zero attached hydrogens (tertiary/aromatic N) is 2. The molecule has 1 saturated heterocycles. The molecule has 1 aromatic rings. The molecule has 2 N–H and O–H groups in total. The summed E-state index contributed by atoms with van der Waals surface area (Å²) in [7, 11) is -3.65. The Balaban J connectivity index is 2.39. The standard InChI is InChI=1S/C11H16BrN3O3S/c1-11(2)7-15(3-4-18-11)19(16,17)9-5-8(12)6-14-10(9)13/h5-6H,3-4,7H2,1-2H3,(H2,13,14). The Hall–Kier alpha value is -0.700. The normalized spacial score (nSPS) is 20.4. The Bertz CT molecular complexity index is 589. The second-order valence-corrected chi connectivity index (χ2v) is 7.81. The molecule has 0 unspecified atom stereocenters. The van der Waals surface area contributed by atoms with Crippen LogP contribution >= 0.6 is 15.9 Å². The minimum absolute atomic E-state index is 0.00694. The lowest BCUT2D eigenvalue weighted by atomic mass is 10.1. The van der Waals surface area contributed by atoms with Crippen LogP contribution in [0.1, 0.15) is 13.8 Å². The highest BCUT2D eigenvalue weighted by Gasteiger charge is 2.36. The minimum Gasteiger partial charge on any atom is -0.383 e. The number of anilines is 1. The van der Waals surface area contributed by atoms with Crippen LogP contribution in [0.4, 0.5) is 5.82 Å². The Morgan fingerprint density at radius 1 is 1.53 bits per heavy atom. The van der Waals surface area contributed by atoms with Gasteiger partial charge in [-0.1, -0.05) is 0 Å². The summed E-state index contributed by atoms with van der Waals surface area (Å²) in [5.41, 5.74) is 5.18. The highest BCUT2D eigenvalue weighted by molar-refractivity contribution is 9.10. The van der Waals surface area contributed by atoms with Crippen LogP contribution in [-0.4, -0.2) is 43.0 Å². The number of nitrogen functional groups attached to an aromatic ring is 1. The van der Waals surface area contributed by atoms with Crippen molar-refractivity contribution in [3.8, 4) is 0 Å². The van der Waals surface area contributed by atoms with Crippen molar-refractivity contribution in [2.45, 2.75) is 24.3 Å². The van der Waals surface area contributed by atoms with E-state index in [-0.39, 0.29) is 10.7 Å². The molecule has 0 radical (unpaired) electrons. The SMILES string of the molecule is CC1(C)CN(S(=O)(=O)c2cc(Br)cnc2N)CCO1. The number of aromatic nitrogens is 1. The van der Waals surface area contributed by atoms with E-state index >= 15 is 0 Å². The third-order valence-corrected chi connectivity index (χ3v) is 5.16. The van der Waals surface area contributed by atoms with Crippen molar-refractivity contribution < 1.29 is 13.2 Å². The van der Waals surface area contributed by atoms with Crippen molar-refractivity contribution in [1.82, 2.24) is 9.29 Å². The third kappa shape index (κ3) is 3.07. The zero-order valence-electron chi connectivity index (χ0n) is 10.8. The summed E-state index contributed by atoms with van der Waals surface area (Å²) < 4.78 is 32.6. The van der Waals surface area contributed by atoms with Crippen LogP contribution in [0.3, 0.4) is 0 Å². The summed E-state index contributed by atoms with van der Waals surface area (Å²) in [5, 5.41) is 0. The van der Waals surface area contributed by atoms with Crippen molar-refractivity contribution >= 4 is 31.8 Å². The van der Waals surface area contributed by atoms with Gasteiger partial charge in [0.05, 0.1) is 12.2 Å². The maximum Gasteiger partial charge on any atom is 0.246 e. The molecule has 0 aromatic carbocycles. The van der Waals surface area contributed by atoms with Gasteiger partial charge in [0.15, 0.2) is 0 Å². The van der Waals surface area contributed by atoms with E-state index < -0.39 is 15.6 Å². The van der Waals surface area contributed by atoms with Gasteiger partial charge in [-0.3, -0.25) is 0 Å². The molecule has 0 bridgehead atoms. The molecule has 8 heteroatoms. The average molecular weight is 350 g/mol. The Kier molecular flexibility index (Phi) is 3.87. The Morgan fingerprint density at radius 3 is 2.84 bits per heavy atom. The first kappa shape index (κ1) is 14.7. The van der Waals surface area contributed by atoms with Gasteiger partial charge in [-0.2, -0.15) is 4.31 Å². The first-order valence-electron chi connectivity index (χ1n) is 5.77. The molecule has 2 rings (SSSR count). The molecule has 106 valence electrons. The fourth-order valence-corrected chi connectivity index (χ4v) is 4.10. The lowest BCUT2D eigenvalue weighted by Crippen LogP contribution is -2.50. The highest BCUT2D eigenvalue weighted by atomic mass is 79.9. The molecule has 6 nitrogen and oxygen atoms in total. The number of nitrogens with two attached hydrogens (primary N) is 1. The molecule has 0 aliphatic carbocycles. The maximum atomic E-state index is 12.6. The molecule has 0 spiro atoms. The summed E-state index contributed by atoms with van der Waals surface area (Å²) in [6.45, 7) is 4.70. The van der Waals surface area contributed by atoms with Crippen LogP contribution in [0.15, 0.2) is 21.6 Å². The third-order valence-electron chi connectivity index (χ3n) is 2.86. The van der Waals surface area contributed by atoms with Crippen molar-refractivity contribution in [2.24, 2.45) is 0 Å². The van der Waals surface area contributed by atoms with Crippen molar-refractivity contribution in [3.05, 3.63) is 16.7 Å². The van der Waals surface area contributed by atoms with Crippen molar-refractivity contribution in [3.63, 3.8) is 0 Å². The Labute approximate surface area is 121 Å². The predicted molar refractivity (Wildman–Crippen MR) is 75.1 cm³/mol. The number of sulfonamides is 1. The van der Waals surface area contributed by atoms with E-state index in [1.807, 2.05) is 13.8 Å². The van der Waals surface area contributed by atoms with Gasteiger partial charge in [0.25, 0.3) is 0 Å². The first-order chi connectivity index (χ1) is 8.72. The monoisotopic (exact) mass is 349 g/mol. The van der Waals surface area contributed by atoms with Crippen LogP contribution < -0.4 is 5.73 Å². The molecular weight excluding hydrogens is 334 g/mol. The van der Waals surface area contributed by atoms with Gasteiger partial charge in [0, 0.05) is 23.8 Å². The molecular formula is C11H16BrN3O3S. The topological polar surface area (TPSA) is 85.5 Å². The zero-order chi connectivity index (χ0) is 14.3. The van der Waals surface area contributed by atoms with Gasteiger partial charge in [0.1, 0.15) is 10.7 Å². The van der Waals surface area contributed by atoms with Crippen molar-refractivity contribution in [1.29, 1.82) is 0 Å². The first-order valence-corrected chi connectivity index (χ1v) is 8.01. The molecule has 1 fully saturated rings. The maximum absolute atomic E-state index is 12.6. The lowest BCUT2D eigenvalue weighted by molar-refractivity contribution is -0.0640. The molecule has 2 heterocycles. The molecule has 1 aliphatic rings. The lowest BCUT2D eigenvalue weighted by Gasteiger charge is -2.37. The number of rotatable bonds is 2. The van der Waals surface area contributed by atoms with E-state index in [4.69, 9.17) is 10.5 Å². The fourth-order valence-electron chi connectivity index (χ4n) is 1.96. The Morgan fingerprint density at radius 2 is 2.21 bits per heavy atom. The number of halogens is 1. The van der Waals surface area contributed by atoms with Crippen LogP contribution in [0.2, 0.25) is 0 Å². The van der Waals surface area contributed by atoms with Crippen molar-refractivity contribution in [2.75, 3.05) is 25.4 Å². The fraction of sp³-hybridized carbons (Fsp3) is 0.545. The van der Waals surface area contributed by atoms with Gasteiger partial charge in [-0.25, -0.2) is 13.4 Å². The highest BCUT2D eigenvalue weighted by Crippen LogP contribution is 2.27.